The molecule has 82 valence electrons. The van der Waals surface area contributed by atoms with Crippen molar-refractivity contribution >= 4 is 10.8 Å². The summed E-state index contributed by atoms with van der Waals surface area (Å²) in [6, 6.07) is 13.4. The van der Waals surface area contributed by atoms with Crippen molar-refractivity contribution in [2.75, 3.05) is 13.6 Å². The molecule has 1 heterocycles. The summed E-state index contributed by atoms with van der Waals surface area (Å²) >= 11 is 0. The number of nitrogens with zero attached hydrogens (tertiary/aromatic N) is 1. The fraction of sp³-hybridized carbons (Fsp3) is 0.333. The molecule has 0 N–H and O–H groups in total. The summed E-state index contributed by atoms with van der Waals surface area (Å²) < 4.78 is 1.16. The quantitative estimate of drug-likeness (QED) is 0.636. The van der Waals surface area contributed by atoms with E-state index >= 15 is 0 Å². The molecule has 0 atom stereocenters. The summed E-state index contributed by atoms with van der Waals surface area (Å²) in [6.07, 6.45) is 0. The monoisotopic (exact) mass is 212 g/mol. The fourth-order valence-electron chi connectivity index (χ4n) is 2.73. The van der Waals surface area contributed by atoms with Crippen LogP contribution in [0.4, 0.5) is 0 Å². The molecule has 1 heteroatoms. The van der Waals surface area contributed by atoms with Crippen LogP contribution in [-0.4, -0.2) is 18.1 Å². The Hall–Kier alpha value is -1.34. The summed E-state index contributed by atoms with van der Waals surface area (Å²) in [5, 5.41) is 2.76. The lowest BCUT2D eigenvalue weighted by molar-refractivity contribution is -0.927. The number of benzene rings is 2. The molecule has 0 radical (unpaired) electrons. The zero-order valence-corrected chi connectivity index (χ0v) is 10.0. The first-order valence-electron chi connectivity index (χ1n) is 6.04. The van der Waals surface area contributed by atoms with Crippen molar-refractivity contribution in [3.63, 3.8) is 0 Å². The van der Waals surface area contributed by atoms with Crippen molar-refractivity contribution < 1.29 is 4.48 Å². The van der Waals surface area contributed by atoms with Crippen LogP contribution in [-0.2, 0) is 13.1 Å². The molecule has 1 nitrogen and oxygen atoms in total. The number of rotatable bonds is 1. The molecule has 0 spiro atoms. The van der Waals surface area contributed by atoms with Gasteiger partial charge in [0, 0.05) is 11.1 Å². The Balaban J connectivity index is 2.15. The minimum Gasteiger partial charge on any atom is -0.319 e. The van der Waals surface area contributed by atoms with E-state index in [1.54, 1.807) is 11.1 Å². The Morgan fingerprint density at radius 3 is 1.94 bits per heavy atom. The van der Waals surface area contributed by atoms with Gasteiger partial charge < -0.3 is 4.48 Å². The van der Waals surface area contributed by atoms with Gasteiger partial charge in [-0.05, 0) is 29.8 Å². The van der Waals surface area contributed by atoms with E-state index in [2.05, 4.69) is 50.4 Å². The molecule has 0 aliphatic carbocycles. The predicted octanol–water partition coefficient (Wildman–Crippen LogP) is 3.32. The zero-order chi connectivity index (χ0) is 11.2. The highest BCUT2D eigenvalue weighted by Gasteiger charge is 2.30. The number of hydrogen-bond donors (Lipinski definition) is 0. The molecule has 0 aromatic heterocycles. The van der Waals surface area contributed by atoms with Gasteiger partial charge in [0.05, 0.1) is 13.6 Å². The van der Waals surface area contributed by atoms with Crippen LogP contribution in [0.3, 0.4) is 0 Å². The Labute approximate surface area is 96.9 Å². The highest BCUT2D eigenvalue weighted by Crippen LogP contribution is 2.31. The summed E-state index contributed by atoms with van der Waals surface area (Å²) in [6.45, 7) is 5.88. The van der Waals surface area contributed by atoms with Gasteiger partial charge in [0.1, 0.15) is 13.1 Å². The van der Waals surface area contributed by atoms with Crippen molar-refractivity contribution in [2.45, 2.75) is 20.0 Å². The van der Waals surface area contributed by atoms with E-state index in [1.807, 2.05) is 0 Å². The Morgan fingerprint density at radius 2 is 1.50 bits per heavy atom. The molecule has 1 aliphatic heterocycles. The van der Waals surface area contributed by atoms with Gasteiger partial charge in [-0.1, -0.05) is 24.3 Å². The van der Waals surface area contributed by atoms with E-state index in [-0.39, 0.29) is 0 Å². The average molecular weight is 212 g/mol. The van der Waals surface area contributed by atoms with Gasteiger partial charge in [-0.15, -0.1) is 0 Å². The Bertz CT molecular complexity index is 498. The third-order valence-electron chi connectivity index (χ3n) is 3.94. The van der Waals surface area contributed by atoms with Crippen molar-refractivity contribution in [3.05, 3.63) is 47.5 Å². The molecular weight excluding hydrogens is 194 g/mol. The van der Waals surface area contributed by atoms with E-state index in [0.717, 1.165) is 4.48 Å². The summed E-state index contributed by atoms with van der Waals surface area (Å²) in [7, 11) is 2.35. The van der Waals surface area contributed by atoms with Gasteiger partial charge in [-0.25, -0.2) is 0 Å². The average Bonchev–Trinajstić information content (AvgIpc) is 2.62. The summed E-state index contributed by atoms with van der Waals surface area (Å²) in [5.41, 5.74) is 3.09. The summed E-state index contributed by atoms with van der Waals surface area (Å²) in [4.78, 5) is 0. The van der Waals surface area contributed by atoms with Crippen LogP contribution in [0.5, 0.6) is 0 Å². The predicted molar refractivity (Wildman–Crippen MR) is 68.1 cm³/mol. The molecule has 3 rings (SSSR count). The van der Waals surface area contributed by atoms with Crippen LogP contribution < -0.4 is 0 Å². The molecule has 1 aliphatic rings. The van der Waals surface area contributed by atoms with Crippen LogP contribution in [0.15, 0.2) is 36.4 Å². The van der Waals surface area contributed by atoms with E-state index < -0.39 is 0 Å². The molecule has 2 aromatic carbocycles. The number of fused-ring (bicyclic) bond motifs is 2. The van der Waals surface area contributed by atoms with Crippen LogP contribution in [0.2, 0.25) is 0 Å². The molecule has 2 aromatic rings. The van der Waals surface area contributed by atoms with E-state index in [4.69, 9.17) is 0 Å². The second-order valence-corrected chi connectivity index (χ2v) is 5.22. The van der Waals surface area contributed by atoms with Gasteiger partial charge in [0.25, 0.3) is 0 Å². The normalized spacial score (nSPS) is 17.6. The third kappa shape index (κ3) is 1.43. The van der Waals surface area contributed by atoms with Gasteiger partial charge in [-0.2, -0.15) is 0 Å². The molecule has 0 saturated heterocycles. The first kappa shape index (κ1) is 9.86. The lowest BCUT2D eigenvalue weighted by Crippen LogP contribution is -2.37. The lowest BCUT2D eigenvalue weighted by atomic mass is 10.0. The highest BCUT2D eigenvalue weighted by molar-refractivity contribution is 5.84. The maximum Gasteiger partial charge on any atom is 0.105 e. The Kier molecular flexibility index (Phi) is 2.05. The SMILES string of the molecule is CC[N+]1(C)Cc2cc3ccccc3cc2C1. The first-order chi connectivity index (χ1) is 7.70. The first-order valence-corrected chi connectivity index (χ1v) is 6.04. The molecule has 0 fully saturated rings. The molecule has 0 saturated carbocycles. The van der Waals surface area contributed by atoms with Gasteiger partial charge in [0.15, 0.2) is 0 Å². The molecule has 16 heavy (non-hydrogen) atoms. The zero-order valence-electron chi connectivity index (χ0n) is 10.0. The van der Waals surface area contributed by atoms with Crippen LogP contribution in [0.25, 0.3) is 10.8 Å². The van der Waals surface area contributed by atoms with Crippen LogP contribution in [0, 0.1) is 0 Å². The van der Waals surface area contributed by atoms with Crippen molar-refractivity contribution in [3.8, 4) is 0 Å². The number of hydrogen-bond acceptors (Lipinski definition) is 0. The smallest absolute Gasteiger partial charge is 0.105 e. The molecule has 0 amide bonds. The third-order valence-corrected chi connectivity index (χ3v) is 3.94. The topological polar surface area (TPSA) is 0 Å². The van der Waals surface area contributed by atoms with E-state index in [0.29, 0.717) is 0 Å². The van der Waals surface area contributed by atoms with E-state index in [1.165, 1.54) is 30.4 Å². The van der Waals surface area contributed by atoms with Crippen LogP contribution in [0.1, 0.15) is 18.1 Å². The standard InChI is InChI=1S/C15H18N/c1-3-16(2)10-14-8-12-6-4-5-7-13(12)9-15(14)11-16/h4-9H,3,10-11H2,1-2H3/q+1. The van der Waals surface area contributed by atoms with Gasteiger partial charge in [0.2, 0.25) is 0 Å². The minimum atomic E-state index is 1.16. The lowest BCUT2D eigenvalue weighted by Gasteiger charge is -2.27. The van der Waals surface area contributed by atoms with Crippen LogP contribution >= 0.6 is 0 Å². The maximum atomic E-state index is 2.38. The second kappa shape index (κ2) is 3.33. The molecule has 0 unspecified atom stereocenters. The minimum absolute atomic E-state index is 1.16. The van der Waals surface area contributed by atoms with Crippen molar-refractivity contribution in [1.82, 2.24) is 0 Å². The fourth-order valence-corrected chi connectivity index (χ4v) is 2.73. The van der Waals surface area contributed by atoms with Crippen molar-refractivity contribution in [2.24, 2.45) is 0 Å². The van der Waals surface area contributed by atoms with E-state index in [9.17, 15) is 0 Å². The maximum absolute atomic E-state index is 2.38. The molecular formula is C15H18N+. The van der Waals surface area contributed by atoms with Gasteiger partial charge in [-0.3, -0.25) is 0 Å². The Morgan fingerprint density at radius 1 is 1.00 bits per heavy atom. The number of quaternary nitrogens is 1. The largest absolute Gasteiger partial charge is 0.319 e. The van der Waals surface area contributed by atoms with Crippen molar-refractivity contribution in [1.29, 1.82) is 0 Å². The summed E-state index contributed by atoms with van der Waals surface area (Å²) in [5.74, 6) is 0. The molecule has 0 bridgehead atoms. The van der Waals surface area contributed by atoms with Gasteiger partial charge >= 0.3 is 0 Å². The highest BCUT2D eigenvalue weighted by atomic mass is 15.3. The second-order valence-electron chi connectivity index (χ2n) is 5.22.